The van der Waals surface area contributed by atoms with E-state index in [9.17, 15) is 15.0 Å². The number of hydrogen-bond donors (Lipinski definition) is 2. The van der Waals surface area contributed by atoms with E-state index in [2.05, 4.69) is 0 Å². The van der Waals surface area contributed by atoms with Gasteiger partial charge in [-0.1, -0.05) is 0 Å². The summed E-state index contributed by atoms with van der Waals surface area (Å²) >= 11 is 0. The van der Waals surface area contributed by atoms with E-state index in [1.54, 1.807) is 35.2 Å². The number of phenolic OH excluding ortho intramolecular Hbond substituents is 2. The molecule has 2 N–H and O–H groups in total. The molecular formula is C17H14N2O3. The van der Waals surface area contributed by atoms with E-state index in [4.69, 9.17) is 5.26 Å². The number of nitriles is 1. The van der Waals surface area contributed by atoms with Gasteiger partial charge in [0, 0.05) is 18.7 Å². The fourth-order valence-corrected chi connectivity index (χ4v) is 2.63. The Kier molecular flexibility index (Phi) is 3.43. The van der Waals surface area contributed by atoms with Crippen LogP contribution in [0.1, 0.15) is 27.0 Å². The molecule has 0 aliphatic carbocycles. The van der Waals surface area contributed by atoms with Gasteiger partial charge in [-0.25, -0.2) is 0 Å². The first-order chi connectivity index (χ1) is 10.6. The predicted octanol–water partition coefficient (Wildman–Crippen LogP) is 2.17. The van der Waals surface area contributed by atoms with Gasteiger partial charge >= 0.3 is 0 Å². The van der Waals surface area contributed by atoms with Gasteiger partial charge in [-0.2, -0.15) is 5.26 Å². The summed E-state index contributed by atoms with van der Waals surface area (Å²) in [5.41, 5.74) is 2.83. The quantitative estimate of drug-likeness (QED) is 0.789. The van der Waals surface area contributed by atoms with Crippen molar-refractivity contribution < 1.29 is 15.0 Å². The van der Waals surface area contributed by atoms with E-state index in [1.807, 2.05) is 6.07 Å². The highest BCUT2D eigenvalue weighted by molar-refractivity contribution is 5.94. The maximum Gasteiger partial charge on any atom is 0.254 e. The summed E-state index contributed by atoms with van der Waals surface area (Å²) in [4.78, 5) is 14.2. The van der Waals surface area contributed by atoms with Crippen molar-refractivity contribution in [2.75, 3.05) is 6.54 Å². The minimum absolute atomic E-state index is 0.109. The van der Waals surface area contributed by atoms with Gasteiger partial charge in [0.15, 0.2) is 11.5 Å². The van der Waals surface area contributed by atoms with Crippen molar-refractivity contribution in [2.45, 2.75) is 13.0 Å². The lowest BCUT2D eigenvalue weighted by Crippen LogP contribution is -2.35. The molecule has 22 heavy (non-hydrogen) atoms. The number of nitrogens with zero attached hydrogens (tertiary/aromatic N) is 2. The van der Waals surface area contributed by atoms with Gasteiger partial charge < -0.3 is 15.1 Å². The highest BCUT2D eigenvalue weighted by atomic mass is 16.3. The molecule has 0 radical (unpaired) electrons. The van der Waals surface area contributed by atoms with Crippen LogP contribution in [0, 0.1) is 11.3 Å². The molecule has 1 aliphatic rings. The molecular weight excluding hydrogens is 280 g/mol. The molecule has 0 saturated carbocycles. The Morgan fingerprint density at radius 3 is 2.36 bits per heavy atom. The number of carbonyl (C=O) groups is 1. The molecule has 0 aromatic heterocycles. The third-order valence-electron chi connectivity index (χ3n) is 3.86. The van der Waals surface area contributed by atoms with E-state index in [-0.39, 0.29) is 17.4 Å². The van der Waals surface area contributed by atoms with Crippen molar-refractivity contribution >= 4 is 5.91 Å². The molecule has 0 fully saturated rings. The van der Waals surface area contributed by atoms with Gasteiger partial charge in [0.2, 0.25) is 0 Å². The van der Waals surface area contributed by atoms with Crippen LogP contribution in [-0.2, 0) is 13.0 Å². The second kappa shape index (κ2) is 5.41. The summed E-state index contributed by atoms with van der Waals surface area (Å²) in [5.74, 6) is -0.417. The Morgan fingerprint density at radius 1 is 1.09 bits per heavy atom. The Bertz CT molecular complexity index is 776. The molecule has 0 unspecified atom stereocenters. The van der Waals surface area contributed by atoms with Crippen molar-refractivity contribution in [1.82, 2.24) is 4.90 Å². The molecule has 3 rings (SSSR count). The number of carbonyl (C=O) groups excluding carboxylic acids is 1. The van der Waals surface area contributed by atoms with Crippen LogP contribution in [0.3, 0.4) is 0 Å². The zero-order valence-corrected chi connectivity index (χ0v) is 11.8. The minimum atomic E-state index is -0.175. The summed E-state index contributed by atoms with van der Waals surface area (Å²) in [5, 5.41) is 27.9. The maximum absolute atomic E-state index is 12.5. The average Bonchev–Trinajstić information content (AvgIpc) is 2.55. The van der Waals surface area contributed by atoms with E-state index in [1.165, 1.54) is 6.07 Å². The fourth-order valence-electron chi connectivity index (χ4n) is 2.63. The first-order valence-corrected chi connectivity index (χ1v) is 6.91. The molecule has 1 aliphatic heterocycles. The topological polar surface area (TPSA) is 84.6 Å². The van der Waals surface area contributed by atoms with Crippen LogP contribution >= 0.6 is 0 Å². The summed E-state index contributed by atoms with van der Waals surface area (Å²) in [7, 11) is 0. The highest BCUT2D eigenvalue weighted by Gasteiger charge is 2.23. The van der Waals surface area contributed by atoms with Gasteiger partial charge in [0.05, 0.1) is 11.6 Å². The third-order valence-corrected chi connectivity index (χ3v) is 3.86. The molecule has 0 spiro atoms. The molecule has 1 amide bonds. The lowest BCUT2D eigenvalue weighted by Gasteiger charge is -2.29. The summed E-state index contributed by atoms with van der Waals surface area (Å²) in [6.07, 6.45) is 0.630. The number of rotatable bonds is 1. The molecule has 2 aromatic carbocycles. The standard InChI is InChI=1S/C17H14N2O3/c18-9-11-1-3-12(4-2-11)17(22)19-6-5-13-7-15(20)16(21)8-14(13)10-19/h1-4,7-8,20-21H,5-6,10H2. The SMILES string of the molecule is N#Cc1ccc(C(=O)N2CCc3cc(O)c(O)cc3C2)cc1. The van der Waals surface area contributed by atoms with Crippen LogP contribution in [0.4, 0.5) is 0 Å². The molecule has 5 heteroatoms. The Balaban J connectivity index is 1.83. The largest absolute Gasteiger partial charge is 0.504 e. The van der Waals surface area contributed by atoms with Gasteiger partial charge in [-0.05, 0) is 53.9 Å². The van der Waals surface area contributed by atoms with E-state index in [0.29, 0.717) is 30.6 Å². The third kappa shape index (κ3) is 2.47. The smallest absolute Gasteiger partial charge is 0.254 e. The fraction of sp³-hybridized carbons (Fsp3) is 0.176. The van der Waals surface area contributed by atoms with Crippen molar-refractivity contribution in [2.24, 2.45) is 0 Å². The van der Waals surface area contributed by atoms with Crippen molar-refractivity contribution in [3.05, 3.63) is 58.7 Å². The molecule has 0 saturated heterocycles. The van der Waals surface area contributed by atoms with E-state index < -0.39 is 0 Å². The number of amides is 1. The predicted molar refractivity (Wildman–Crippen MR) is 79.4 cm³/mol. The maximum atomic E-state index is 12.5. The normalized spacial score (nSPS) is 13.3. The molecule has 1 heterocycles. The van der Waals surface area contributed by atoms with Gasteiger partial charge in [0.1, 0.15) is 0 Å². The van der Waals surface area contributed by atoms with Crippen molar-refractivity contribution in [1.29, 1.82) is 5.26 Å². The monoisotopic (exact) mass is 294 g/mol. The van der Waals surface area contributed by atoms with Gasteiger partial charge in [-0.3, -0.25) is 4.79 Å². The molecule has 110 valence electrons. The number of hydrogen-bond acceptors (Lipinski definition) is 4. The van der Waals surface area contributed by atoms with Crippen LogP contribution < -0.4 is 0 Å². The summed E-state index contributed by atoms with van der Waals surface area (Å²) < 4.78 is 0. The molecule has 0 bridgehead atoms. The number of benzene rings is 2. The van der Waals surface area contributed by atoms with Crippen LogP contribution in [0.2, 0.25) is 0 Å². The Morgan fingerprint density at radius 2 is 1.73 bits per heavy atom. The molecule has 0 atom stereocenters. The minimum Gasteiger partial charge on any atom is -0.504 e. The second-order valence-electron chi connectivity index (χ2n) is 5.28. The molecule has 2 aromatic rings. The van der Waals surface area contributed by atoms with Gasteiger partial charge in [0.25, 0.3) is 5.91 Å². The zero-order chi connectivity index (χ0) is 15.7. The van der Waals surface area contributed by atoms with Gasteiger partial charge in [-0.15, -0.1) is 0 Å². The van der Waals surface area contributed by atoms with Crippen LogP contribution in [-0.4, -0.2) is 27.6 Å². The number of phenols is 2. The first-order valence-electron chi connectivity index (χ1n) is 6.91. The summed E-state index contributed by atoms with van der Waals surface area (Å²) in [6, 6.07) is 11.6. The number of aromatic hydroxyl groups is 2. The van der Waals surface area contributed by atoms with Crippen molar-refractivity contribution in [3.8, 4) is 17.6 Å². The van der Waals surface area contributed by atoms with E-state index in [0.717, 1.165) is 11.1 Å². The zero-order valence-electron chi connectivity index (χ0n) is 11.8. The first kappa shape index (κ1) is 14.0. The second-order valence-corrected chi connectivity index (χ2v) is 5.28. The molecule has 5 nitrogen and oxygen atoms in total. The van der Waals surface area contributed by atoms with E-state index >= 15 is 0 Å². The number of fused-ring (bicyclic) bond motifs is 1. The Labute approximate surface area is 127 Å². The average molecular weight is 294 g/mol. The Hall–Kier alpha value is -3.00. The highest BCUT2D eigenvalue weighted by Crippen LogP contribution is 2.31. The lowest BCUT2D eigenvalue weighted by molar-refractivity contribution is 0.0734. The van der Waals surface area contributed by atoms with Crippen LogP contribution in [0.25, 0.3) is 0 Å². The lowest BCUT2D eigenvalue weighted by atomic mass is 9.98. The van der Waals surface area contributed by atoms with Crippen LogP contribution in [0.15, 0.2) is 36.4 Å². The van der Waals surface area contributed by atoms with Crippen LogP contribution in [0.5, 0.6) is 11.5 Å². The van der Waals surface area contributed by atoms with Crippen molar-refractivity contribution in [3.63, 3.8) is 0 Å². The summed E-state index contributed by atoms with van der Waals surface area (Å²) in [6.45, 7) is 0.943.